The lowest BCUT2D eigenvalue weighted by atomic mass is 10.2. The van der Waals surface area contributed by atoms with Crippen molar-refractivity contribution in [2.45, 2.75) is 38.8 Å². The van der Waals surface area contributed by atoms with Crippen LogP contribution in [0.3, 0.4) is 0 Å². The van der Waals surface area contributed by atoms with Crippen LogP contribution in [0.5, 0.6) is 11.5 Å². The van der Waals surface area contributed by atoms with Crippen molar-refractivity contribution >= 4 is 0 Å². The van der Waals surface area contributed by atoms with E-state index in [0.717, 1.165) is 60.6 Å². The number of para-hydroxylation sites is 1. The summed E-state index contributed by atoms with van der Waals surface area (Å²) in [6.45, 7) is 5.17. The molecule has 1 aliphatic heterocycles. The molecule has 2 aliphatic rings. The second-order valence-corrected chi connectivity index (χ2v) is 6.52. The van der Waals surface area contributed by atoms with Crippen LogP contribution in [0.2, 0.25) is 0 Å². The van der Waals surface area contributed by atoms with Gasteiger partial charge in [0.05, 0.1) is 19.8 Å². The van der Waals surface area contributed by atoms with Crippen molar-refractivity contribution < 1.29 is 13.9 Å². The van der Waals surface area contributed by atoms with E-state index in [9.17, 15) is 0 Å². The molecular weight excluding hydrogens is 290 g/mol. The highest BCUT2D eigenvalue weighted by Gasteiger charge is 2.36. The van der Waals surface area contributed by atoms with Crippen molar-refractivity contribution in [2.24, 2.45) is 5.92 Å². The number of hydrogen-bond donors (Lipinski definition) is 1. The van der Waals surface area contributed by atoms with E-state index < -0.39 is 0 Å². The smallest absolute Gasteiger partial charge is 0.165 e. The number of benzene rings is 1. The summed E-state index contributed by atoms with van der Waals surface area (Å²) in [7, 11) is 0. The lowest BCUT2D eigenvalue weighted by molar-refractivity contribution is 0.296. The molecule has 1 aromatic heterocycles. The van der Waals surface area contributed by atoms with E-state index in [0.29, 0.717) is 12.5 Å². The standard InChI is InChI=1S/C19H23NO3/c1-13-10-16(13)17-7-6-15(23-17)12-20-11-14-4-2-5-18-19(14)22-9-3-8-21-18/h2,4-7,13,16,20H,3,8-12H2,1H3. The molecule has 4 nitrogen and oxygen atoms in total. The topological polar surface area (TPSA) is 43.6 Å². The molecule has 0 amide bonds. The summed E-state index contributed by atoms with van der Waals surface area (Å²) < 4.78 is 17.5. The van der Waals surface area contributed by atoms with E-state index in [-0.39, 0.29) is 0 Å². The molecule has 0 radical (unpaired) electrons. The van der Waals surface area contributed by atoms with Crippen LogP contribution in [0.25, 0.3) is 0 Å². The molecule has 1 N–H and O–H groups in total. The predicted octanol–water partition coefficient (Wildman–Crippen LogP) is 3.85. The zero-order valence-electron chi connectivity index (χ0n) is 13.5. The fraction of sp³-hybridized carbons (Fsp3) is 0.474. The molecule has 2 heterocycles. The van der Waals surface area contributed by atoms with Crippen LogP contribution in [0.15, 0.2) is 34.7 Å². The Morgan fingerprint density at radius 2 is 1.96 bits per heavy atom. The maximum Gasteiger partial charge on any atom is 0.165 e. The second kappa shape index (κ2) is 6.28. The predicted molar refractivity (Wildman–Crippen MR) is 87.8 cm³/mol. The molecule has 0 saturated heterocycles. The van der Waals surface area contributed by atoms with Gasteiger partial charge in [0.25, 0.3) is 0 Å². The minimum absolute atomic E-state index is 0.638. The molecule has 2 atom stereocenters. The summed E-state index contributed by atoms with van der Waals surface area (Å²) in [5.74, 6) is 5.28. The van der Waals surface area contributed by atoms with Crippen molar-refractivity contribution in [3.63, 3.8) is 0 Å². The number of nitrogens with one attached hydrogen (secondary N) is 1. The molecule has 1 aliphatic carbocycles. The molecule has 1 saturated carbocycles. The molecule has 2 unspecified atom stereocenters. The van der Waals surface area contributed by atoms with Gasteiger partial charge >= 0.3 is 0 Å². The van der Waals surface area contributed by atoms with Gasteiger partial charge in [0.15, 0.2) is 11.5 Å². The summed E-state index contributed by atoms with van der Waals surface area (Å²) in [4.78, 5) is 0. The van der Waals surface area contributed by atoms with Crippen LogP contribution < -0.4 is 14.8 Å². The molecule has 4 heteroatoms. The minimum Gasteiger partial charge on any atom is -0.490 e. The van der Waals surface area contributed by atoms with Crippen LogP contribution in [0.1, 0.15) is 42.8 Å². The minimum atomic E-state index is 0.638. The molecule has 23 heavy (non-hydrogen) atoms. The molecule has 122 valence electrons. The summed E-state index contributed by atoms with van der Waals surface area (Å²) in [5, 5.41) is 3.44. The highest BCUT2D eigenvalue weighted by Crippen LogP contribution is 2.47. The van der Waals surface area contributed by atoms with E-state index >= 15 is 0 Å². The lowest BCUT2D eigenvalue weighted by Gasteiger charge is -2.12. The number of hydrogen-bond acceptors (Lipinski definition) is 4. The maximum absolute atomic E-state index is 5.93. The first-order valence-electron chi connectivity index (χ1n) is 8.48. The monoisotopic (exact) mass is 313 g/mol. The Morgan fingerprint density at radius 3 is 2.83 bits per heavy atom. The molecule has 2 aromatic rings. The van der Waals surface area contributed by atoms with Gasteiger partial charge in [-0.25, -0.2) is 0 Å². The summed E-state index contributed by atoms with van der Waals surface area (Å²) in [6.07, 6.45) is 2.18. The Balaban J connectivity index is 1.37. The molecule has 0 spiro atoms. The Labute approximate surface area is 136 Å². The van der Waals surface area contributed by atoms with Crippen molar-refractivity contribution in [3.05, 3.63) is 47.4 Å². The number of rotatable bonds is 5. The molecular formula is C19H23NO3. The van der Waals surface area contributed by atoms with Gasteiger partial charge in [-0.15, -0.1) is 0 Å². The second-order valence-electron chi connectivity index (χ2n) is 6.52. The summed E-state index contributed by atoms with van der Waals surface area (Å²) in [6, 6.07) is 10.3. The SMILES string of the molecule is CC1CC1c1ccc(CNCc2cccc3c2OCCCO3)o1. The maximum atomic E-state index is 5.93. The van der Waals surface area contributed by atoms with Gasteiger partial charge in [-0.05, 0) is 30.5 Å². The molecule has 1 fully saturated rings. The van der Waals surface area contributed by atoms with E-state index in [1.54, 1.807) is 0 Å². The Hall–Kier alpha value is -1.94. The van der Waals surface area contributed by atoms with Crippen molar-refractivity contribution in [2.75, 3.05) is 13.2 Å². The van der Waals surface area contributed by atoms with Gasteiger partial charge in [-0.1, -0.05) is 19.1 Å². The van der Waals surface area contributed by atoms with Crippen LogP contribution in [-0.2, 0) is 13.1 Å². The van der Waals surface area contributed by atoms with Gasteiger partial charge < -0.3 is 19.2 Å². The zero-order chi connectivity index (χ0) is 15.6. The van der Waals surface area contributed by atoms with Gasteiger partial charge in [0, 0.05) is 24.4 Å². The highest BCUT2D eigenvalue weighted by molar-refractivity contribution is 5.47. The van der Waals surface area contributed by atoms with Crippen molar-refractivity contribution in [1.29, 1.82) is 0 Å². The Bertz CT molecular complexity index is 679. The summed E-state index contributed by atoms with van der Waals surface area (Å²) >= 11 is 0. The Kier molecular flexibility index (Phi) is 4.00. The van der Waals surface area contributed by atoms with Crippen LogP contribution in [0.4, 0.5) is 0 Å². The third-order valence-corrected chi connectivity index (χ3v) is 4.63. The molecule has 1 aromatic carbocycles. The normalized spacial score (nSPS) is 22.7. The van der Waals surface area contributed by atoms with Crippen LogP contribution in [0, 0.1) is 5.92 Å². The summed E-state index contributed by atoms with van der Waals surface area (Å²) in [5.41, 5.74) is 1.13. The van der Waals surface area contributed by atoms with Gasteiger partial charge in [-0.3, -0.25) is 0 Å². The first-order chi connectivity index (χ1) is 11.3. The third-order valence-electron chi connectivity index (χ3n) is 4.63. The molecule has 0 bridgehead atoms. The van der Waals surface area contributed by atoms with Crippen molar-refractivity contribution in [1.82, 2.24) is 5.32 Å². The number of ether oxygens (including phenoxy) is 2. The quantitative estimate of drug-likeness (QED) is 0.910. The number of fused-ring (bicyclic) bond motifs is 1. The van der Waals surface area contributed by atoms with Gasteiger partial charge in [0.2, 0.25) is 0 Å². The fourth-order valence-corrected chi connectivity index (χ4v) is 3.12. The first-order valence-corrected chi connectivity index (χ1v) is 8.48. The van der Waals surface area contributed by atoms with Gasteiger partial charge in [-0.2, -0.15) is 0 Å². The van der Waals surface area contributed by atoms with Crippen LogP contribution in [-0.4, -0.2) is 13.2 Å². The zero-order valence-corrected chi connectivity index (χ0v) is 13.5. The third kappa shape index (κ3) is 3.22. The largest absolute Gasteiger partial charge is 0.490 e. The fourth-order valence-electron chi connectivity index (χ4n) is 3.12. The molecule has 4 rings (SSSR count). The van der Waals surface area contributed by atoms with E-state index in [4.69, 9.17) is 13.9 Å². The van der Waals surface area contributed by atoms with E-state index in [2.05, 4.69) is 30.4 Å². The van der Waals surface area contributed by atoms with Crippen molar-refractivity contribution in [3.8, 4) is 11.5 Å². The lowest BCUT2D eigenvalue weighted by Crippen LogP contribution is -2.13. The highest BCUT2D eigenvalue weighted by atomic mass is 16.5. The first kappa shape index (κ1) is 14.6. The van der Waals surface area contributed by atoms with E-state index in [1.165, 1.54) is 6.42 Å². The average Bonchev–Trinajstić information content (AvgIpc) is 3.19. The van der Waals surface area contributed by atoms with Crippen LogP contribution >= 0.6 is 0 Å². The average molecular weight is 313 g/mol. The number of furan rings is 1. The Morgan fingerprint density at radius 1 is 1.09 bits per heavy atom. The van der Waals surface area contributed by atoms with E-state index in [1.807, 2.05) is 12.1 Å². The van der Waals surface area contributed by atoms with Gasteiger partial charge in [0.1, 0.15) is 11.5 Å².